The molecule has 1 aromatic heterocycles. The summed E-state index contributed by atoms with van der Waals surface area (Å²) in [7, 11) is 0. The average Bonchev–Trinajstić information content (AvgIpc) is 2.06. The number of hydrogen-bond donors (Lipinski definition) is 0. The maximum Gasteiger partial charge on any atom is 0.434 e. The minimum absolute atomic E-state index is 0.176. The number of hydrogen-bond acceptors (Lipinski definition) is 1. The molecule has 1 nitrogen and oxygen atoms in total. The maximum absolute atomic E-state index is 12.3. The van der Waals surface area contributed by atoms with Gasteiger partial charge in [0.15, 0.2) is 5.69 Å². The number of alkyl halides is 5. The van der Waals surface area contributed by atoms with Crippen LogP contribution in [0.1, 0.15) is 17.7 Å². The second kappa shape index (κ2) is 4.48. The first-order chi connectivity index (χ1) is 6.75. The first-order valence-electron chi connectivity index (χ1n) is 3.44. The second-order valence-corrected chi connectivity index (χ2v) is 4.36. The standard InChI is InChI=1S/C7H2BrF5IN/c8-3-4(14)2(6(9)10)1-15-5(3)7(11,12)13/h1,6H. The van der Waals surface area contributed by atoms with Crippen LogP contribution < -0.4 is 0 Å². The van der Waals surface area contributed by atoms with E-state index in [1.54, 1.807) is 0 Å². The van der Waals surface area contributed by atoms with Crippen molar-refractivity contribution in [2.75, 3.05) is 0 Å². The number of nitrogens with zero attached hydrogens (tertiary/aromatic N) is 1. The van der Waals surface area contributed by atoms with Gasteiger partial charge in [0.1, 0.15) is 0 Å². The minimum Gasteiger partial charge on any atom is -0.250 e. The van der Waals surface area contributed by atoms with Crippen molar-refractivity contribution in [1.82, 2.24) is 4.98 Å². The Hall–Kier alpha value is 0.01000. The van der Waals surface area contributed by atoms with Gasteiger partial charge in [0.05, 0.1) is 10.0 Å². The van der Waals surface area contributed by atoms with Crippen LogP contribution in [0.5, 0.6) is 0 Å². The van der Waals surface area contributed by atoms with E-state index >= 15 is 0 Å². The normalized spacial score (nSPS) is 12.3. The molecule has 0 aromatic carbocycles. The molecule has 0 saturated carbocycles. The highest BCUT2D eigenvalue weighted by Gasteiger charge is 2.36. The highest BCUT2D eigenvalue weighted by molar-refractivity contribution is 14.1. The van der Waals surface area contributed by atoms with Crippen LogP contribution in [0.25, 0.3) is 0 Å². The first-order valence-corrected chi connectivity index (χ1v) is 5.31. The molecule has 0 aliphatic heterocycles. The zero-order chi connectivity index (χ0) is 11.8. The monoisotopic (exact) mass is 401 g/mol. The molecule has 84 valence electrons. The molecule has 0 N–H and O–H groups in total. The van der Waals surface area contributed by atoms with Crippen molar-refractivity contribution in [2.24, 2.45) is 0 Å². The van der Waals surface area contributed by atoms with Crippen LogP contribution in [0.4, 0.5) is 22.0 Å². The number of halogens is 7. The lowest BCUT2D eigenvalue weighted by atomic mass is 10.2. The fourth-order valence-corrected chi connectivity index (χ4v) is 2.01. The summed E-state index contributed by atoms with van der Waals surface area (Å²) in [6, 6.07) is 0. The van der Waals surface area contributed by atoms with Crippen LogP contribution in [0, 0.1) is 3.57 Å². The molecular weight excluding hydrogens is 400 g/mol. The lowest BCUT2D eigenvalue weighted by Crippen LogP contribution is -2.11. The SMILES string of the molecule is FC(F)c1cnc(C(F)(F)F)c(Br)c1I. The molecule has 0 aliphatic carbocycles. The molecule has 0 spiro atoms. The van der Waals surface area contributed by atoms with Gasteiger partial charge in [0.2, 0.25) is 0 Å². The molecule has 0 bridgehead atoms. The topological polar surface area (TPSA) is 12.9 Å². The molecule has 0 aliphatic rings. The average molecular weight is 402 g/mol. The van der Waals surface area contributed by atoms with Gasteiger partial charge in [0, 0.05) is 9.77 Å². The molecule has 1 rings (SSSR count). The highest BCUT2D eigenvalue weighted by Crippen LogP contribution is 2.38. The lowest BCUT2D eigenvalue weighted by Gasteiger charge is -2.11. The fourth-order valence-electron chi connectivity index (χ4n) is 0.828. The smallest absolute Gasteiger partial charge is 0.250 e. The largest absolute Gasteiger partial charge is 0.434 e. The van der Waals surface area contributed by atoms with Crippen molar-refractivity contribution in [3.05, 3.63) is 25.5 Å². The Kier molecular flexibility index (Phi) is 3.90. The third-order valence-corrected chi connectivity index (χ3v) is 4.17. The quantitative estimate of drug-likeness (QED) is 0.502. The van der Waals surface area contributed by atoms with Crippen molar-refractivity contribution in [1.29, 1.82) is 0 Å². The molecule has 15 heavy (non-hydrogen) atoms. The number of aromatic nitrogens is 1. The molecule has 0 radical (unpaired) electrons. The van der Waals surface area contributed by atoms with Crippen LogP contribution >= 0.6 is 38.5 Å². The Morgan fingerprint density at radius 2 is 1.87 bits per heavy atom. The van der Waals surface area contributed by atoms with Crippen LogP contribution in [0.2, 0.25) is 0 Å². The summed E-state index contributed by atoms with van der Waals surface area (Å²) in [5.41, 5.74) is -1.72. The zero-order valence-corrected chi connectivity index (χ0v) is 10.5. The Balaban J connectivity index is 3.34. The maximum atomic E-state index is 12.3. The van der Waals surface area contributed by atoms with E-state index < -0.39 is 28.3 Å². The molecule has 0 atom stereocenters. The Labute approximate surface area is 103 Å². The molecule has 1 aromatic rings. The summed E-state index contributed by atoms with van der Waals surface area (Å²) < 4.78 is 60.8. The molecule has 0 saturated heterocycles. The summed E-state index contributed by atoms with van der Waals surface area (Å²) in [5.74, 6) is 0. The second-order valence-electron chi connectivity index (χ2n) is 2.49. The third-order valence-electron chi connectivity index (χ3n) is 1.49. The van der Waals surface area contributed by atoms with Gasteiger partial charge in [-0.15, -0.1) is 0 Å². The van der Waals surface area contributed by atoms with Gasteiger partial charge < -0.3 is 0 Å². The van der Waals surface area contributed by atoms with E-state index in [4.69, 9.17) is 0 Å². The molecule has 8 heteroatoms. The van der Waals surface area contributed by atoms with Crippen molar-refractivity contribution in [3.63, 3.8) is 0 Å². The third kappa shape index (κ3) is 2.77. The summed E-state index contributed by atoms with van der Waals surface area (Å²) in [6.07, 6.45) is -6.96. The van der Waals surface area contributed by atoms with Gasteiger partial charge in [0.25, 0.3) is 6.43 Å². The highest BCUT2D eigenvalue weighted by atomic mass is 127. The molecule has 1 heterocycles. The van der Waals surface area contributed by atoms with Gasteiger partial charge >= 0.3 is 6.18 Å². The summed E-state index contributed by atoms with van der Waals surface area (Å²) >= 11 is 4.03. The summed E-state index contributed by atoms with van der Waals surface area (Å²) in [5, 5.41) is 0. The van der Waals surface area contributed by atoms with E-state index in [0.717, 1.165) is 0 Å². The van der Waals surface area contributed by atoms with Crippen molar-refractivity contribution in [3.8, 4) is 0 Å². The number of pyridine rings is 1. The summed E-state index contributed by atoms with van der Waals surface area (Å²) in [4.78, 5) is 2.97. The van der Waals surface area contributed by atoms with Gasteiger partial charge in [-0.2, -0.15) is 13.2 Å². The zero-order valence-electron chi connectivity index (χ0n) is 6.75. The van der Waals surface area contributed by atoms with Gasteiger partial charge in [-0.25, -0.2) is 8.78 Å². The molecular formula is C7H2BrF5IN. The van der Waals surface area contributed by atoms with E-state index in [-0.39, 0.29) is 3.57 Å². The van der Waals surface area contributed by atoms with E-state index in [9.17, 15) is 22.0 Å². The Morgan fingerprint density at radius 3 is 2.27 bits per heavy atom. The van der Waals surface area contributed by atoms with E-state index in [1.165, 1.54) is 22.6 Å². The van der Waals surface area contributed by atoms with E-state index in [2.05, 4.69) is 20.9 Å². The van der Waals surface area contributed by atoms with Gasteiger partial charge in [-0.1, -0.05) is 0 Å². The molecule has 0 fully saturated rings. The minimum atomic E-state index is -4.65. The molecule has 0 unspecified atom stereocenters. The predicted molar refractivity (Wildman–Crippen MR) is 54.6 cm³/mol. The van der Waals surface area contributed by atoms with Crippen LogP contribution in [0.15, 0.2) is 10.7 Å². The molecule has 0 amide bonds. The van der Waals surface area contributed by atoms with Gasteiger partial charge in [-0.3, -0.25) is 4.98 Å². The van der Waals surface area contributed by atoms with E-state index in [1.807, 2.05) is 0 Å². The van der Waals surface area contributed by atoms with Crippen LogP contribution in [-0.4, -0.2) is 4.98 Å². The summed E-state index contributed by atoms with van der Waals surface area (Å²) in [6.45, 7) is 0. The lowest BCUT2D eigenvalue weighted by molar-refractivity contribution is -0.141. The predicted octanol–water partition coefficient (Wildman–Crippen LogP) is 4.41. The van der Waals surface area contributed by atoms with E-state index in [0.29, 0.717) is 6.20 Å². The van der Waals surface area contributed by atoms with Crippen molar-refractivity contribution in [2.45, 2.75) is 12.6 Å². The fraction of sp³-hybridized carbons (Fsp3) is 0.286. The van der Waals surface area contributed by atoms with Gasteiger partial charge in [-0.05, 0) is 38.5 Å². The van der Waals surface area contributed by atoms with Crippen molar-refractivity contribution < 1.29 is 22.0 Å². The van der Waals surface area contributed by atoms with Crippen LogP contribution in [0.3, 0.4) is 0 Å². The number of rotatable bonds is 1. The Bertz CT molecular complexity index is 378. The first kappa shape index (κ1) is 13.1. The Morgan fingerprint density at radius 1 is 1.33 bits per heavy atom. The van der Waals surface area contributed by atoms with Crippen molar-refractivity contribution >= 4 is 38.5 Å². The van der Waals surface area contributed by atoms with Crippen LogP contribution in [-0.2, 0) is 6.18 Å².